The van der Waals surface area contributed by atoms with E-state index in [1.54, 1.807) is 37.6 Å². The van der Waals surface area contributed by atoms with Crippen LogP contribution in [-0.2, 0) is 15.9 Å². The number of nitrogens with two attached hydrogens (primary N) is 1. The highest BCUT2D eigenvalue weighted by atomic mass is 16.6. The van der Waals surface area contributed by atoms with Gasteiger partial charge in [0.25, 0.3) is 5.56 Å². The second-order valence-electron chi connectivity index (χ2n) is 6.25. The van der Waals surface area contributed by atoms with Crippen LogP contribution >= 0.6 is 0 Å². The van der Waals surface area contributed by atoms with Crippen molar-refractivity contribution in [3.63, 3.8) is 0 Å². The molecule has 0 bridgehead atoms. The van der Waals surface area contributed by atoms with Gasteiger partial charge in [0, 0.05) is 36.9 Å². The van der Waals surface area contributed by atoms with Crippen molar-refractivity contribution in [2.45, 2.75) is 25.2 Å². The van der Waals surface area contributed by atoms with Crippen molar-refractivity contribution in [1.29, 1.82) is 0 Å². The predicted octanol–water partition coefficient (Wildman–Crippen LogP) is 1.47. The number of benzene rings is 1. The summed E-state index contributed by atoms with van der Waals surface area (Å²) in [4.78, 5) is 23.8. The third-order valence-electron chi connectivity index (χ3n) is 4.21. The van der Waals surface area contributed by atoms with Crippen LogP contribution in [0, 0.1) is 0 Å². The first-order chi connectivity index (χ1) is 11.4. The minimum atomic E-state index is -0.637. The zero-order valence-electron chi connectivity index (χ0n) is 13.7. The number of amides is 1. The Morgan fingerprint density at radius 3 is 2.88 bits per heavy atom. The predicted molar refractivity (Wildman–Crippen MR) is 88.9 cm³/mol. The van der Waals surface area contributed by atoms with Gasteiger partial charge in [-0.1, -0.05) is 12.1 Å². The molecule has 1 aromatic heterocycles. The van der Waals surface area contributed by atoms with Crippen LogP contribution in [0.25, 0.3) is 0 Å². The van der Waals surface area contributed by atoms with E-state index in [2.05, 4.69) is 0 Å². The highest BCUT2D eigenvalue weighted by Crippen LogP contribution is 2.37. The molecular weight excluding hydrogens is 308 g/mol. The van der Waals surface area contributed by atoms with E-state index in [0.29, 0.717) is 18.6 Å². The Balaban J connectivity index is 2.16. The Bertz CT molecular complexity index is 830. The fourth-order valence-electron chi connectivity index (χ4n) is 3.15. The number of primary amides is 1. The molecule has 2 aromatic rings. The first-order valence-electron chi connectivity index (χ1n) is 7.70. The van der Waals surface area contributed by atoms with E-state index < -0.39 is 17.7 Å². The van der Waals surface area contributed by atoms with E-state index in [9.17, 15) is 9.59 Å². The van der Waals surface area contributed by atoms with E-state index in [0.717, 1.165) is 11.1 Å². The van der Waals surface area contributed by atoms with Crippen molar-refractivity contribution in [3.8, 4) is 0 Å². The second-order valence-corrected chi connectivity index (χ2v) is 6.25. The summed E-state index contributed by atoms with van der Waals surface area (Å²) in [6.45, 7) is 2.34. The number of ether oxygens (including phenoxy) is 2. The van der Waals surface area contributed by atoms with Crippen LogP contribution < -0.4 is 11.3 Å². The molecule has 0 saturated carbocycles. The third-order valence-corrected chi connectivity index (χ3v) is 4.21. The van der Waals surface area contributed by atoms with Gasteiger partial charge in [-0.15, -0.1) is 0 Å². The summed E-state index contributed by atoms with van der Waals surface area (Å²) in [5, 5.41) is 0. The Hall–Kier alpha value is -2.44. The summed E-state index contributed by atoms with van der Waals surface area (Å²) in [6, 6.07) is 10.2. The number of methoxy groups -OCH3 is 1. The molecule has 2 N–H and O–H groups in total. The molecule has 2 heterocycles. The average Bonchev–Trinajstić information content (AvgIpc) is 2.54. The summed E-state index contributed by atoms with van der Waals surface area (Å²) in [5.41, 5.74) is 6.81. The highest BCUT2D eigenvalue weighted by molar-refractivity contribution is 5.93. The van der Waals surface area contributed by atoms with Gasteiger partial charge in [0.1, 0.15) is 0 Å². The number of hydrogen-bond acceptors (Lipinski definition) is 4. The lowest BCUT2D eigenvalue weighted by molar-refractivity contribution is -0.138. The molecule has 1 aliphatic heterocycles. The number of aromatic nitrogens is 1. The molecule has 0 fully saturated rings. The Labute approximate surface area is 139 Å². The van der Waals surface area contributed by atoms with Gasteiger partial charge in [-0.2, -0.15) is 0 Å². The second kappa shape index (κ2) is 6.22. The normalized spacial score (nSPS) is 22.8. The molecule has 1 aliphatic rings. The molecule has 0 radical (unpaired) electrons. The van der Waals surface area contributed by atoms with Crippen LogP contribution in [0.4, 0.5) is 0 Å². The Morgan fingerprint density at radius 2 is 2.21 bits per heavy atom. The lowest BCUT2D eigenvalue weighted by atomic mass is 9.88. The molecule has 1 aromatic carbocycles. The lowest BCUT2D eigenvalue weighted by Gasteiger charge is -2.40. The summed E-state index contributed by atoms with van der Waals surface area (Å²) >= 11 is 0. The molecule has 0 saturated heterocycles. The highest BCUT2D eigenvalue weighted by Gasteiger charge is 2.38. The van der Waals surface area contributed by atoms with Crippen molar-refractivity contribution < 1.29 is 14.3 Å². The van der Waals surface area contributed by atoms with Gasteiger partial charge in [0.15, 0.2) is 6.23 Å². The van der Waals surface area contributed by atoms with Gasteiger partial charge in [-0.05, 0) is 30.7 Å². The van der Waals surface area contributed by atoms with Gasteiger partial charge in [0.05, 0.1) is 12.2 Å². The molecule has 2 unspecified atom stereocenters. The van der Waals surface area contributed by atoms with Crippen molar-refractivity contribution in [1.82, 2.24) is 4.57 Å². The quantitative estimate of drug-likeness (QED) is 0.921. The standard InChI is InChI=1S/C18H20N2O4/c1-18(11-23-2)10-13-7-6-12(16(19)22)9-14(13)17(24-18)20-8-4-3-5-15(20)21/h3-9,17H,10-11H2,1-2H3,(H2,19,22). The smallest absolute Gasteiger partial charge is 0.252 e. The van der Waals surface area contributed by atoms with Crippen LogP contribution in [0.1, 0.15) is 34.6 Å². The maximum absolute atomic E-state index is 12.3. The molecule has 3 rings (SSSR count). The summed E-state index contributed by atoms with van der Waals surface area (Å²) in [5.74, 6) is -0.512. The maximum atomic E-state index is 12.3. The van der Waals surface area contributed by atoms with Gasteiger partial charge in [-0.25, -0.2) is 0 Å². The zero-order chi connectivity index (χ0) is 17.3. The number of hydrogen-bond donors (Lipinski definition) is 1. The fraction of sp³-hybridized carbons (Fsp3) is 0.333. The topological polar surface area (TPSA) is 83.5 Å². The third kappa shape index (κ3) is 2.98. The Morgan fingerprint density at radius 1 is 1.42 bits per heavy atom. The van der Waals surface area contributed by atoms with Crippen molar-refractivity contribution in [2.75, 3.05) is 13.7 Å². The van der Waals surface area contributed by atoms with Gasteiger partial charge in [-0.3, -0.25) is 14.2 Å². The van der Waals surface area contributed by atoms with E-state index in [-0.39, 0.29) is 5.56 Å². The monoisotopic (exact) mass is 328 g/mol. The lowest BCUT2D eigenvalue weighted by Crippen LogP contribution is -2.45. The molecule has 6 heteroatoms. The van der Waals surface area contributed by atoms with Crippen LogP contribution in [0.2, 0.25) is 0 Å². The van der Waals surface area contributed by atoms with Crippen LogP contribution in [0.15, 0.2) is 47.4 Å². The van der Waals surface area contributed by atoms with Crippen LogP contribution in [0.5, 0.6) is 0 Å². The van der Waals surface area contributed by atoms with Crippen molar-refractivity contribution in [2.24, 2.45) is 5.73 Å². The van der Waals surface area contributed by atoms with Crippen molar-refractivity contribution >= 4 is 5.91 Å². The molecule has 24 heavy (non-hydrogen) atoms. The minimum Gasteiger partial charge on any atom is -0.382 e. The number of pyridine rings is 1. The average molecular weight is 328 g/mol. The minimum absolute atomic E-state index is 0.181. The fourth-order valence-corrected chi connectivity index (χ4v) is 3.15. The number of fused-ring (bicyclic) bond motifs is 1. The van der Waals surface area contributed by atoms with E-state index in [1.165, 1.54) is 10.6 Å². The number of rotatable bonds is 4. The largest absolute Gasteiger partial charge is 0.382 e. The number of carbonyl (C=O) groups is 1. The van der Waals surface area contributed by atoms with Crippen LogP contribution in [0.3, 0.4) is 0 Å². The SMILES string of the molecule is COCC1(C)Cc2ccc(C(N)=O)cc2C(n2ccccc2=O)O1. The van der Waals surface area contributed by atoms with Gasteiger partial charge >= 0.3 is 0 Å². The Kier molecular flexibility index (Phi) is 4.26. The summed E-state index contributed by atoms with van der Waals surface area (Å²) < 4.78 is 13.0. The molecule has 2 atom stereocenters. The molecular formula is C18H20N2O4. The molecule has 126 valence electrons. The summed E-state index contributed by atoms with van der Waals surface area (Å²) in [7, 11) is 1.62. The van der Waals surface area contributed by atoms with Crippen molar-refractivity contribution in [3.05, 3.63) is 69.6 Å². The van der Waals surface area contributed by atoms with E-state index in [1.807, 2.05) is 13.0 Å². The van der Waals surface area contributed by atoms with E-state index in [4.69, 9.17) is 15.2 Å². The summed E-state index contributed by atoms with van der Waals surface area (Å²) in [6.07, 6.45) is 1.65. The number of nitrogens with zero attached hydrogens (tertiary/aromatic N) is 1. The maximum Gasteiger partial charge on any atom is 0.252 e. The number of carbonyl (C=O) groups excluding carboxylic acids is 1. The molecule has 0 spiro atoms. The molecule has 0 aliphatic carbocycles. The van der Waals surface area contributed by atoms with Gasteiger partial charge in [0.2, 0.25) is 5.91 Å². The first-order valence-corrected chi connectivity index (χ1v) is 7.70. The zero-order valence-corrected chi connectivity index (χ0v) is 13.7. The van der Waals surface area contributed by atoms with Crippen LogP contribution in [-0.4, -0.2) is 29.8 Å². The van der Waals surface area contributed by atoms with E-state index >= 15 is 0 Å². The molecule has 6 nitrogen and oxygen atoms in total. The first kappa shape index (κ1) is 16.4. The van der Waals surface area contributed by atoms with Gasteiger partial charge < -0.3 is 15.2 Å². The molecule has 1 amide bonds.